The minimum Gasteiger partial charge on any atom is -0.312 e. The van der Waals surface area contributed by atoms with Gasteiger partial charge in [0.05, 0.1) is 16.1 Å². The largest absolute Gasteiger partial charge is 0.312 e. The van der Waals surface area contributed by atoms with Crippen molar-refractivity contribution in [1.82, 2.24) is 4.90 Å². The first-order chi connectivity index (χ1) is 16.9. The van der Waals surface area contributed by atoms with Gasteiger partial charge in [0.15, 0.2) is 0 Å². The Morgan fingerprint density at radius 1 is 1.11 bits per heavy atom. The molecule has 2 aliphatic rings. The third-order valence-electron chi connectivity index (χ3n) is 6.69. The van der Waals surface area contributed by atoms with E-state index in [0.717, 1.165) is 54.9 Å². The van der Waals surface area contributed by atoms with Crippen LogP contribution in [-0.2, 0) is 29.4 Å². The number of hydrogen-bond donors (Lipinski definition) is 1. The summed E-state index contributed by atoms with van der Waals surface area (Å²) in [6.07, 6.45) is 2.41. The predicted octanol–water partition coefficient (Wildman–Crippen LogP) is 4.39. The number of nitrogens with zero attached hydrogens (tertiary/aromatic N) is 3. The zero-order valence-corrected chi connectivity index (χ0v) is 21.1. The van der Waals surface area contributed by atoms with Crippen LogP contribution in [0.15, 0.2) is 53.4 Å². The molecule has 9 heteroatoms. The second kappa shape index (κ2) is 9.46. The maximum absolute atomic E-state index is 13.4. The molecular formula is C26H26N4O3S2. The summed E-state index contributed by atoms with van der Waals surface area (Å²) in [5.74, 6) is -0.361. The highest BCUT2D eigenvalue weighted by Gasteiger charge is 2.29. The number of thiophene rings is 1. The van der Waals surface area contributed by atoms with E-state index in [-0.39, 0.29) is 10.8 Å². The molecule has 0 saturated carbocycles. The summed E-state index contributed by atoms with van der Waals surface area (Å²) in [5, 5.41) is 13.1. The van der Waals surface area contributed by atoms with Crippen molar-refractivity contribution in [2.24, 2.45) is 0 Å². The maximum atomic E-state index is 13.4. The number of nitrogens with one attached hydrogen (secondary N) is 1. The molecule has 0 unspecified atom stereocenters. The van der Waals surface area contributed by atoms with Crippen LogP contribution in [0, 0.1) is 11.3 Å². The normalized spacial score (nSPS) is 15.7. The summed E-state index contributed by atoms with van der Waals surface area (Å²) in [6.45, 7) is 5.17. The number of carbonyl (C=O) groups is 1. The van der Waals surface area contributed by atoms with E-state index in [4.69, 9.17) is 0 Å². The quantitative estimate of drug-likeness (QED) is 0.554. The lowest BCUT2D eigenvalue weighted by Gasteiger charge is -2.30. The van der Waals surface area contributed by atoms with Crippen LogP contribution in [0.5, 0.6) is 0 Å². The lowest BCUT2D eigenvalue weighted by atomic mass is 10.0. The first kappa shape index (κ1) is 23.5. The van der Waals surface area contributed by atoms with Crippen LogP contribution in [0.25, 0.3) is 0 Å². The number of benzene rings is 2. The van der Waals surface area contributed by atoms with Crippen molar-refractivity contribution < 1.29 is 13.2 Å². The summed E-state index contributed by atoms with van der Waals surface area (Å²) in [6, 6.07) is 15.8. The van der Waals surface area contributed by atoms with Crippen molar-refractivity contribution >= 4 is 38.0 Å². The van der Waals surface area contributed by atoms with E-state index in [2.05, 4.69) is 23.2 Å². The van der Waals surface area contributed by atoms with Gasteiger partial charge in [0.2, 0.25) is 0 Å². The molecule has 3 heterocycles. The van der Waals surface area contributed by atoms with E-state index in [1.165, 1.54) is 39.9 Å². The number of amides is 1. The number of anilines is 2. The van der Waals surface area contributed by atoms with Gasteiger partial charge in [-0.05, 0) is 67.3 Å². The van der Waals surface area contributed by atoms with E-state index >= 15 is 0 Å². The van der Waals surface area contributed by atoms with Crippen molar-refractivity contribution in [2.45, 2.75) is 37.6 Å². The average molecular weight is 507 g/mol. The standard InChI is InChI=1S/C26H26N4O3S2/c1-2-29-15-13-21-22(16-27)26(34-24(21)17-29)28-25(31)19-9-11-20(12-10-19)35(32,33)30-14-5-7-18-6-3-4-8-23(18)30/h3-4,6,8-12H,2,5,7,13-15,17H2,1H3,(H,28,31). The molecule has 1 amide bonds. The Hall–Kier alpha value is -3.19. The lowest BCUT2D eigenvalue weighted by Crippen LogP contribution is -2.35. The smallest absolute Gasteiger partial charge is 0.264 e. The molecule has 0 bridgehead atoms. The second-order valence-electron chi connectivity index (χ2n) is 8.73. The van der Waals surface area contributed by atoms with Gasteiger partial charge in [0, 0.05) is 30.1 Å². The van der Waals surface area contributed by atoms with Crippen molar-refractivity contribution in [1.29, 1.82) is 5.26 Å². The van der Waals surface area contributed by atoms with E-state index in [0.29, 0.717) is 28.4 Å². The van der Waals surface area contributed by atoms with Gasteiger partial charge in [-0.15, -0.1) is 11.3 Å². The minimum atomic E-state index is -3.74. The van der Waals surface area contributed by atoms with Gasteiger partial charge in [-0.2, -0.15) is 5.26 Å². The summed E-state index contributed by atoms with van der Waals surface area (Å²) in [5.41, 5.74) is 3.64. The van der Waals surface area contributed by atoms with Gasteiger partial charge in [-0.25, -0.2) is 8.42 Å². The SMILES string of the molecule is CCN1CCc2c(sc(NC(=O)c3ccc(S(=O)(=O)N4CCCc5ccccc54)cc3)c2C#N)C1. The zero-order chi connectivity index (χ0) is 24.6. The van der Waals surface area contributed by atoms with Crippen LogP contribution < -0.4 is 9.62 Å². The molecule has 0 spiro atoms. The fraction of sp³-hybridized carbons (Fsp3) is 0.308. The van der Waals surface area contributed by atoms with Gasteiger partial charge >= 0.3 is 0 Å². The van der Waals surface area contributed by atoms with Gasteiger partial charge in [-0.3, -0.25) is 14.0 Å². The molecule has 5 rings (SSSR count). The Kier molecular flexibility index (Phi) is 6.36. The molecule has 2 aliphatic heterocycles. The molecule has 1 N–H and O–H groups in total. The number of sulfonamides is 1. The third kappa shape index (κ3) is 4.33. The van der Waals surface area contributed by atoms with Crippen molar-refractivity contribution in [3.8, 4) is 6.07 Å². The summed E-state index contributed by atoms with van der Waals surface area (Å²) in [7, 11) is -3.74. The molecule has 0 aliphatic carbocycles. The minimum absolute atomic E-state index is 0.148. The highest BCUT2D eigenvalue weighted by atomic mass is 32.2. The van der Waals surface area contributed by atoms with Crippen LogP contribution in [0.3, 0.4) is 0 Å². The van der Waals surface area contributed by atoms with Crippen molar-refractivity contribution in [3.05, 3.63) is 75.7 Å². The van der Waals surface area contributed by atoms with Gasteiger partial charge in [0.1, 0.15) is 11.1 Å². The Bertz CT molecular complexity index is 1420. The highest BCUT2D eigenvalue weighted by molar-refractivity contribution is 7.92. The molecule has 1 aromatic heterocycles. The summed E-state index contributed by atoms with van der Waals surface area (Å²) >= 11 is 1.45. The molecule has 0 radical (unpaired) electrons. The summed E-state index contributed by atoms with van der Waals surface area (Å²) < 4.78 is 28.2. The molecular weight excluding hydrogens is 480 g/mol. The number of para-hydroxylation sites is 1. The van der Waals surface area contributed by atoms with Crippen molar-refractivity contribution in [2.75, 3.05) is 29.3 Å². The Morgan fingerprint density at radius 3 is 2.63 bits per heavy atom. The molecule has 0 fully saturated rings. The Labute approximate surface area is 209 Å². The first-order valence-corrected chi connectivity index (χ1v) is 14.0. The topological polar surface area (TPSA) is 93.5 Å². The number of rotatable bonds is 5. The van der Waals surface area contributed by atoms with Gasteiger partial charge in [-0.1, -0.05) is 25.1 Å². The Morgan fingerprint density at radius 2 is 1.89 bits per heavy atom. The number of aryl methyl sites for hydroxylation is 1. The predicted molar refractivity (Wildman–Crippen MR) is 137 cm³/mol. The number of nitriles is 1. The van der Waals surface area contributed by atoms with Crippen LogP contribution in [0.4, 0.5) is 10.7 Å². The van der Waals surface area contributed by atoms with E-state index in [1.54, 1.807) is 0 Å². The fourth-order valence-electron chi connectivity index (χ4n) is 4.76. The van der Waals surface area contributed by atoms with Crippen LogP contribution >= 0.6 is 11.3 Å². The average Bonchev–Trinajstić information content (AvgIpc) is 3.24. The molecule has 2 aromatic carbocycles. The molecule has 7 nitrogen and oxygen atoms in total. The van der Waals surface area contributed by atoms with E-state index in [1.807, 2.05) is 24.3 Å². The maximum Gasteiger partial charge on any atom is 0.264 e. The van der Waals surface area contributed by atoms with Gasteiger partial charge < -0.3 is 5.32 Å². The fourth-order valence-corrected chi connectivity index (χ4v) is 7.54. The highest BCUT2D eigenvalue weighted by Crippen LogP contribution is 2.37. The van der Waals surface area contributed by atoms with E-state index in [9.17, 15) is 18.5 Å². The number of hydrogen-bond acceptors (Lipinski definition) is 6. The van der Waals surface area contributed by atoms with Crippen LogP contribution in [-0.4, -0.2) is 38.9 Å². The Balaban J connectivity index is 1.36. The van der Waals surface area contributed by atoms with E-state index < -0.39 is 10.0 Å². The molecule has 180 valence electrons. The first-order valence-electron chi connectivity index (χ1n) is 11.7. The van der Waals surface area contributed by atoms with Crippen molar-refractivity contribution in [3.63, 3.8) is 0 Å². The van der Waals surface area contributed by atoms with Crippen LogP contribution in [0.1, 0.15) is 45.3 Å². The molecule has 3 aromatic rings. The number of fused-ring (bicyclic) bond motifs is 2. The lowest BCUT2D eigenvalue weighted by molar-refractivity contribution is 0.102. The monoisotopic (exact) mass is 506 g/mol. The summed E-state index contributed by atoms with van der Waals surface area (Å²) in [4.78, 5) is 16.5. The molecule has 0 atom stereocenters. The third-order valence-corrected chi connectivity index (χ3v) is 9.65. The number of carbonyl (C=O) groups excluding carboxylic acids is 1. The zero-order valence-electron chi connectivity index (χ0n) is 19.5. The second-order valence-corrected chi connectivity index (χ2v) is 11.7. The van der Waals surface area contributed by atoms with Crippen LogP contribution in [0.2, 0.25) is 0 Å². The molecule has 0 saturated heterocycles. The van der Waals surface area contributed by atoms with Gasteiger partial charge in [0.25, 0.3) is 15.9 Å². The number of likely N-dealkylation sites (N-methyl/N-ethyl adjacent to an activating group) is 1. The molecule has 35 heavy (non-hydrogen) atoms.